The molecule has 21 heavy (non-hydrogen) atoms. The standard InChI is InChI=1S/C13H19F3N4O/c1-9-2-3-10(12(17)21)6-20(9)7-11-18-4-5-19(11)8-13(14,15)16/h4-5,9-10H,2-3,6-8H2,1H3,(H2,17,21)/t9-,10-/m1/s1. The maximum Gasteiger partial charge on any atom is 0.406 e. The lowest BCUT2D eigenvalue weighted by Crippen LogP contribution is -2.45. The minimum absolute atomic E-state index is 0.191. The highest BCUT2D eigenvalue weighted by molar-refractivity contribution is 5.76. The summed E-state index contributed by atoms with van der Waals surface area (Å²) in [6.45, 7) is 1.70. The molecule has 1 amide bonds. The first kappa shape index (κ1) is 15.8. The van der Waals surface area contributed by atoms with Crippen LogP contribution >= 0.6 is 0 Å². The van der Waals surface area contributed by atoms with Crippen molar-refractivity contribution in [2.45, 2.75) is 45.1 Å². The van der Waals surface area contributed by atoms with E-state index in [1.54, 1.807) is 0 Å². The highest BCUT2D eigenvalue weighted by atomic mass is 19.4. The van der Waals surface area contributed by atoms with E-state index in [2.05, 4.69) is 4.98 Å². The molecule has 8 heteroatoms. The van der Waals surface area contributed by atoms with Crippen molar-refractivity contribution in [3.05, 3.63) is 18.2 Å². The first-order chi connectivity index (χ1) is 9.76. The molecule has 5 nitrogen and oxygen atoms in total. The SMILES string of the molecule is C[C@@H]1CC[C@@H](C(N)=O)CN1Cc1nccn1CC(F)(F)F. The number of piperidine rings is 1. The van der Waals surface area contributed by atoms with Gasteiger partial charge >= 0.3 is 6.18 Å². The lowest BCUT2D eigenvalue weighted by molar-refractivity contribution is -0.141. The number of hydrogen-bond donors (Lipinski definition) is 1. The van der Waals surface area contributed by atoms with Crippen LogP contribution in [0.25, 0.3) is 0 Å². The van der Waals surface area contributed by atoms with Gasteiger partial charge < -0.3 is 10.3 Å². The Bertz CT molecular complexity index is 500. The summed E-state index contributed by atoms with van der Waals surface area (Å²) in [5, 5.41) is 0. The number of imidazole rings is 1. The van der Waals surface area contributed by atoms with E-state index >= 15 is 0 Å². The number of likely N-dealkylation sites (tertiary alicyclic amines) is 1. The van der Waals surface area contributed by atoms with E-state index in [1.807, 2.05) is 11.8 Å². The summed E-state index contributed by atoms with van der Waals surface area (Å²) in [7, 11) is 0. The average molecular weight is 304 g/mol. The predicted molar refractivity (Wildman–Crippen MR) is 70.1 cm³/mol. The molecule has 0 unspecified atom stereocenters. The second-order valence-corrected chi connectivity index (χ2v) is 5.54. The third kappa shape index (κ3) is 4.20. The van der Waals surface area contributed by atoms with Crippen LogP contribution in [0, 0.1) is 5.92 Å². The van der Waals surface area contributed by atoms with Gasteiger partial charge in [-0.25, -0.2) is 4.98 Å². The van der Waals surface area contributed by atoms with Crippen molar-refractivity contribution in [3.63, 3.8) is 0 Å². The van der Waals surface area contributed by atoms with Crippen molar-refractivity contribution in [3.8, 4) is 0 Å². The number of hydrogen-bond acceptors (Lipinski definition) is 3. The second kappa shape index (κ2) is 6.05. The maximum atomic E-state index is 12.5. The Kier molecular flexibility index (Phi) is 4.55. The summed E-state index contributed by atoms with van der Waals surface area (Å²) in [6.07, 6.45) is -0.0689. The summed E-state index contributed by atoms with van der Waals surface area (Å²) < 4.78 is 38.6. The Morgan fingerprint density at radius 2 is 2.19 bits per heavy atom. The molecule has 0 saturated carbocycles. The number of carbonyl (C=O) groups is 1. The molecule has 0 aliphatic carbocycles. The number of aromatic nitrogens is 2. The van der Waals surface area contributed by atoms with Crippen molar-refractivity contribution in [2.75, 3.05) is 6.54 Å². The van der Waals surface area contributed by atoms with Crippen LogP contribution in [0.1, 0.15) is 25.6 Å². The molecule has 1 aromatic rings. The van der Waals surface area contributed by atoms with Crippen LogP contribution in [-0.4, -0.2) is 39.1 Å². The second-order valence-electron chi connectivity index (χ2n) is 5.54. The molecule has 1 saturated heterocycles. The molecule has 0 bridgehead atoms. The smallest absolute Gasteiger partial charge is 0.369 e. The van der Waals surface area contributed by atoms with Gasteiger partial charge in [0, 0.05) is 25.0 Å². The first-order valence-corrected chi connectivity index (χ1v) is 6.86. The zero-order chi connectivity index (χ0) is 15.6. The fraction of sp³-hybridized carbons (Fsp3) is 0.692. The third-order valence-corrected chi connectivity index (χ3v) is 3.91. The van der Waals surface area contributed by atoms with Crippen molar-refractivity contribution < 1.29 is 18.0 Å². The van der Waals surface area contributed by atoms with Gasteiger partial charge in [0.2, 0.25) is 5.91 Å². The van der Waals surface area contributed by atoms with Crippen molar-refractivity contribution in [1.29, 1.82) is 0 Å². The molecule has 1 fully saturated rings. The third-order valence-electron chi connectivity index (χ3n) is 3.91. The Morgan fingerprint density at radius 1 is 1.48 bits per heavy atom. The molecule has 1 aliphatic heterocycles. The van der Waals surface area contributed by atoms with Crippen LogP contribution in [0.2, 0.25) is 0 Å². The summed E-state index contributed by atoms with van der Waals surface area (Å²) in [4.78, 5) is 17.3. The minimum Gasteiger partial charge on any atom is -0.369 e. The lowest BCUT2D eigenvalue weighted by Gasteiger charge is -2.36. The van der Waals surface area contributed by atoms with Crippen molar-refractivity contribution in [1.82, 2.24) is 14.5 Å². The average Bonchev–Trinajstić information content (AvgIpc) is 2.76. The van der Waals surface area contributed by atoms with Crippen LogP contribution in [-0.2, 0) is 17.9 Å². The van der Waals surface area contributed by atoms with Crippen LogP contribution in [0.15, 0.2) is 12.4 Å². The molecular formula is C13H19F3N4O. The normalized spacial score (nSPS) is 24.2. The van der Waals surface area contributed by atoms with Gasteiger partial charge in [-0.3, -0.25) is 9.69 Å². The van der Waals surface area contributed by atoms with Gasteiger partial charge in [0.1, 0.15) is 12.4 Å². The highest BCUT2D eigenvalue weighted by Gasteiger charge is 2.31. The highest BCUT2D eigenvalue weighted by Crippen LogP contribution is 2.24. The number of rotatable bonds is 4. The number of nitrogens with two attached hydrogens (primary N) is 1. The Balaban J connectivity index is 2.06. The van der Waals surface area contributed by atoms with Crippen molar-refractivity contribution >= 4 is 5.91 Å². The quantitative estimate of drug-likeness (QED) is 0.917. The van der Waals surface area contributed by atoms with E-state index in [-0.39, 0.29) is 24.4 Å². The molecule has 2 atom stereocenters. The maximum absolute atomic E-state index is 12.5. The molecular weight excluding hydrogens is 285 g/mol. The molecule has 2 heterocycles. The number of carbonyl (C=O) groups excluding carboxylic acids is 1. The number of alkyl halides is 3. The van der Waals surface area contributed by atoms with E-state index in [9.17, 15) is 18.0 Å². The summed E-state index contributed by atoms with van der Waals surface area (Å²) >= 11 is 0. The minimum atomic E-state index is -4.28. The number of halogens is 3. The molecule has 1 aromatic heterocycles. The summed E-state index contributed by atoms with van der Waals surface area (Å²) in [6, 6.07) is 0.191. The van der Waals surface area contributed by atoms with Crippen LogP contribution < -0.4 is 5.73 Å². The number of nitrogens with zero attached hydrogens (tertiary/aromatic N) is 3. The monoisotopic (exact) mass is 304 g/mol. The summed E-state index contributed by atoms with van der Waals surface area (Å²) in [5.74, 6) is -0.248. The largest absolute Gasteiger partial charge is 0.406 e. The van der Waals surface area contributed by atoms with Crippen LogP contribution in [0.4, 0.5) is 13.2 Å². The van der Waals surface area contributed by atoms with E-state index in [0.29, 0.717) is 12.4 Å². The zero-order valence-corrected chi connectivity index (χ0v) is 11.8. The Hall–Kier alpha value is -1.57. The Morgan fingerprint density at radius 3 is 2.81 bits per heavy atom. The van der Waals surface area contributed by atoms with Crippen LogP contribution in [0.3, 0.4) is 0 Å². The summed E-state index contributed by atoms with van der Waals surface area (Å²) in [5.41, 5.74) is 5.33. The van der Waals surface area contributed by atoms with Crippen molar-refractivity contribution in [2.24, 2.45) is 11.7 Å². The zero-order valence-electron chi connectivity index (χ0n) is 11.8. The van der Waals surface area contributed by atoms with Gasteiger partial charge in [-0.2, -0.15) is 13.2 Å². The van der Waals surface area contributed by atoms with E-state index < -0.39 is 12.7 Å². The number of primary amides is 1. The molecule has 0 radical (unpaired) electrons. The van der Waals surface area contributed by atoms with E-state index in [0.717, 1.165) is 17.4 Å². The van der Waals surface area contributed by atoms with Gasteiger partial charge in [-0.1, -0.05) is 0 Å². The fourth-order valence-corrected chi connectivity index (χ4v) is 2.64. The van der Waals surface area contributed by atoms with Gasteiger partial charge in [0.05, 0.1) is 12.5 Å². The van der Waals surface area contributed by atoms with Crippen LogP contribution in [0.5, 0.6) is 0 Å². The lowest BCUT2D eigenvalue weighted by atomic mass is 9.93. The fourth-order valence-electron chi connectivity index (χ4n) is 2.64. The topological polar surface area (TPSA) is 64.2 Å². The van der Waals surface area contributed by atoms with Gasteiger partial charge in [0.25, 0.3) is 0 Å². The first-order valence-electron chi connectivity index (χ1n) is 6.86. The van der Waals surface area contributed by atoms with Gasteiger partial charge in [0.15, 0.2) is 0 Å². The molecule has 0 spiro atoms. The Labute approximate surface area is 120 Å². The molecule has 1 aliphatic rings. The molecule has 118 valence electrons. The van der Waals surface area contributed by atoms with Gasteiger partial charge in [-0.05, 0) is 19.8 Å². The molecule has 0 aromatic carbocycles. The molecule has 2 rings (SSSR count). The predicted octanol–water partition coefficient (Wildman–Crippen LogP) is 1.53. The van der Waals surface area contributed by atoms with Gasteiger partial charge in [-0.15, -0.1) is 0 Å². The van der Waals surface area contributed by atoms with E-state index in [1.165, 1.54) is 12.4 Å². The molecule has 2 N–H and O–H groups in total. The van der Waals surface area contributed by atoms with E-state index in [4.69, 9.17) is 5.73 Å². The number of amides is 1.